The number of nitrogens with two attached hydrogens (primary N) is 1. The Balaban J connectivity index is 1.21. The van der Waals surface area contributed by atoms with Crippen LogP contribution < -0.4 is 19.9 Å². The molecule has 0 bridgehead atoms. The van der Waals surface area contributed by atoms with Crippen molar-refractivity contribution >= 4 is 33.2 Å². The van der Waals surface area contributed by atoms with Crippen LogP contribution in [0.15, 0.2) is 53.0 Å². The summed E-state index contributed by atoms with van der Waals surface area (Å²) in [6, 6.07) is 16.3. The molecule has 1 aliphatic rings. The molecule has 0 radical (unpaired) electrons. The first-order valence-electron chi connectivity index (χ1n) is 13.3. The third-order valence-electron chi connectivity index (χ3n) is 6.29. The molecule has 1 aliphatic heterocycles. The highest BCUT2D eigenvalue weighted by Gasteiger charge is 2.36. The SMILES string of the molecule is CC(C)(C)c1sc(C(C)(C)N)c2c1OCC(OC(=O)CCCCOc1ccc(-c3ccc(Br)cc3)cc1)CO2. The largest absolute Gasteiger partial charge is 0.494 e. The lowest BCUT2D eigenvalue weighted by Crippen LogP contribution is -2.30. The number of unbranched alkanes of at least 4 members (excludes halogenated alkanes) is 1. The average molecular weight is 617 g/mol. The van der Waals surface area contributed by atoms with Gasteiger partial charge in [-0.2, -0.15) is 0 Å². The fourth-order valence-electron chi connectivity index (χ4n) is 4.24. The highest BCUT2D eigenvalue weighted by Crippen LogP contribution is 2.51. The molecule has 0 aliphatic carbocycles. The molecule has 0 saturated heterocycles. The molecule has 4 rings (SSSR count). The van der Waals surface area contributed by atoms with E-state index in [9.17, 15) is 4.79 Å². The van der Waals surface area contributed by atoms with Crippen molar-refractivity contribution in [2.45, 2.75) is 70.9 Å². The van der Waals surface area contributed by atoms with Crippen LogP contribution in [0.2, 0.25) is 0 Å². The Labute approximate surface area is 243 Å². The van der Waals surface area contributed by atoms with Crippen molar-refractivity contribution in [2.75, 3.05) is 19.8 Å². The third kappa shape index (κ3) is 7.77. The predicted molar refractivity (Wildman–Crippen MR) is 160 cm³/mol. The van der Waals surface area contributed by atoms with Gasteiger partial charge in [0.15, 0.2) is 17.6 Å². The summed E-state index contributed by atoms with van der Waals surface area (Å²) in [7, 11) is 0. The highest BCUT2D eigenvalue weighted by molar-refractivity contribution is 9.10. The summed E-state index contributed by atoms with van der Waals surface area (Å²) in [5.41, 5.74) is 8.03. The zero-order chi connectivity index (χ0) is 28.2. The maximum atomic E-state index is 12.5. The van der Waals surface area contributed by atoms with Crippen molar-refractivity contribution in [3.8, 4) is 28.4 Å². The van der Waals surface area contributed by atoms with Crippen molar-refractivity contribution in [3.05, 3.63) is 62.8 Å². The molecule has 39 heavy (non-hydrogen) atoms. The van der Waals surface area contributed by atoms with Gasteiger partial charge in [-0.05, 0) is 62.1 Å². The molecular weight excluding hydrogens is 578 g/mol. The van der Waals surface area contributed by atoms with Crippen LogP contribution in [0.3, 0.4) is 0 Å². The normalized spacial score (nSPS) is 15.5. The molecule has 1 atom stereocenters. The topological polar surface area (TPSA) is 80.0 Å². The van der Waals surface area contributed by atoms with Crippen LogP contribution in [0.5, 0.6) is 17.2 Å². The molecule has 8 heteroatoms. The van der Waals surface area contributed by atoms with Gasteiger partial charge in [-0.25, -0.2) is 0 Å². The van der Waals surface area contributed by atoms with E-state index in [4.69, 9.17) is 24.7 Å². The Kier molecular flexibility index (Phi) is 9.29. The first-order valence-corrected chi connectivity index (χ1v) is 14.9. The van der Waals surface area contributed by atoms with Crippen LogP contribution in [0.4, 0.5) is 0 Å². The van der Waals surface area contributed by atoms with Gasteiger partial charge in [0.1, 0.15) is 19.0 Å². The van der Waals surface area contributed by atoms with Gasteiger partial charge < -0.3 is 24.7 Å². The summed E-state index contributed by atoms with van der Waals surface area (Å²) < 4.78 is 24.9. The van der Waals surface area contributed by atoms with E-state index >= 15 is 0 Å². The van der Waals surface area contributed by atoms with Gasteiger partial charge in [-0.15, -0.1) is 11.3 Å². The summed E-state index contributed by atoms with van der Waals surface area (Å²) in [5, 5.41) is 0. The van der Waals surface area contributed by atoms with Crippen LogP contribution >= 0.6 is 27.3 Å². The lowest BCUT2D eigenvalue weighted by atomic mass is 9.93. The van der Waals surface area contributed by atoms with Crippen LogP contribution in [0, 0.1) is 0 Å². The lowest BCUT2D eigenvalue weighted by Gasteiger charge is -2.20. The summed E-state index contributed by atoms with van der Waals surface area (Å²) >= 11 is 5.10. The molecule has 0 spiro atoms. The standard InChI is InChI=1S/C31H38BrNO5S/c1-30(2,3)28-26-27(29(39-28)31(4,5)33)37-19-24(18-36-26)38-25(34)8-6-7-17-35-23-15-11-21(12-16-23)20-9-13-22(32)14-10-20/h9-16,24H,6-8,17-19,33H2,1-5H3. The second-order valence-electron chi connectivity index (χ2n) is 11.5. The van der Waals surface area contributed by atoms with Crippen LogP contribution in [0.25, 0.3) is 11.1 Å². The van der Waals surface area contributed by atoms with Crippen LogP contribution in [-0.2, 0) is 20.5 Å². The zero-order valence-corrected chi connectivity index (χ0v) is 25.7. The smallest absolute Gasteiger partial charge is 0.306 e. The number of ether oxygens (including phenoxy) is 4. The minimum absolute atomic E-state index is 0.123. The number of thiophene rings is 1. The Hall–Kier alpha value is -2.55. The molecule has 2 heterocycles. The average Bonchev–Trinajstić information content (AvgIpc) is 3.15. The minimum Gasteiger partial charge on any atom is -0.494 e. The van der Waals surface area contributed by atoms with E-state index in [0.29, 0.717) is 25.2 Å². The molecular formula is C31H38BrNO5S. The second-order valence-corrected chi connectivity index (χ2v) is 13.4. The van der Waals surface area contributed by atoms with Gasteiger partial charge in [0.25, 0.3) is 0 Å². The second kappa shape index (κ2) is 12.3. The molecule has 1 unspecified atom stereocenters. The number of rotatable bonds is 9. The number of esters is 1. The Morgan fingerprint density at radius 1 is 0.923 bits per heavy atom. The van der Waals surface area contributed by atoms with E-state index in [2.05, 4.69) is 48.8 Å². The van der Waals surface area contributed by atoms with Gasteiger partial charge in [0.2, 0.25) is 0 Å². The quantitative estimate of drug-likeness (QED) is 0.197. The number of carbonyl (C=O) groups excluding carboxylic acids is 1. The highest BCUT2D eigenvalue weighted by atomic mass is 79.9. The van der Waals surface area contributed by atoms with E-state index in [1.165, 1.54) is 0 Å². The third-order valence-corrected chi connectivity index (χ3v) is 8.74. The fraction of sp³-hybridized carbons (Fsp3) is 0.452. The van der Waals surface area contributed by atoms with Crippen molar-refractivity contribution in [1.29, 1.82) is 0 Å². The first kappa shape index (κ1) is 29.4. The fourth-order valence-corrected chi connectivity index (χ4v) is 5.77. The number of halogens is 1. The molecule has 6 nitrogen and oxygen atoms in total. The zero-order valence-electron chi connectivity index (χ0n) is 23.3. The van der Waals surface area contributed by atoms with Gasteiger partial charge >= 0.3 is 5.97 Å². The minimum atomic E-state index is -0.568. The van der Waals surface area contributed by atoms with Crippen LogP contribution in [0.1, 0.15) is 63.6 Å². The van der Waals surface area contributed by atoms with Crippen molar-refractivity contribution < 1.29 is 23.7 Å². The molecule has 210 valence electrons. The molecule has 3 aromatic rings. The van der Waals surface area contributed by atoms with E-state index in [0.717, 1.165) is 43.3 Å². The maximum Gasteiger partial charge on any atom is 0.306 e. The summed E-state index contributed by atoms with van der Waals surface area (Å²) in [6.07, 6.45) is 1.27. The van der Waals surface area contributed by atoms with E-state index in [1.54, 1.807) is 11.3 Å². The van der Waals surface area contributed by atoms with Gasteiger partial charge in [-0.1, -0.05) is 61.0 Å². The van der Waals surface area contributed by atoms with Gasteiger partial charge in [-0.3, -0.25) is 4.79 Å². The number of fused-ring (bicyclic) bond motifs is 1. The van der Waals surface area contributed by atoms with Crippen molar-refractivity contribution in [3.63, 3.8) is 0 Å². The molecule has 2 aromatic carbocycles. The molecule has 1 aromatic heterocycles. The van der Waals surface area contributed by atoms with E-state index in [1.807, 2.05) is 50.2 Å². The summed E-state index contributed by atoms with van der Waals surface area (Å²) in [5.74, 6) is 1.96. The van der Waals surface area contributed by atoms with Crippen LogP contribution in [-0.4, -0.2) is 31.9 Å². The Bertz CT molecular complexity index is 1220. The number of hydrogen-bond donors (Lipinski definition) is 1. The molecule has 0 fully saturated rings. The lowest BCUT2D eigenvalue weighted by molar-refractivity contribution is -0.151. The molecule has 2 N–H and O–H groups in total. The van der Waals surface area contributed by atoms with E-state index in [-0.39, 0.29) is 24.6 Å². The Morgan fingerprint density at radius 3 is 2.05 bits per heavy atom. The number of hydrogen-bond acceptors (Lipinski definition) is 7. The number of benzene rings is 2. The first-order chi connectivity index (χ1) is 18.4. The molecule has 0 amide bonds. The number of carbonyl (C=O) groups is 1. The Morgan fingerprint density at radius 2 is 1.49 bits per heavy atom. The van der Waals surface area contributed by atoms with Crippen molar-refractivity contribution in [1.82, 2.24) is 0 Å². The predicted octanol–water partition coefficient (Wildman–Crippen LogP) is 7.60. The van der Waals surface area contributed by atoms with Crippen molar-refractivity contribution in [2.24, 2.45) is 5.73 Å². The monoisotopic (exact) mass is 615 g/mol. The van der Waals surface area contributed by atoms with Gasteiger partial charge in [0.05, 0.1) is 16.4 Å². The molecule has 0 saturated carbocycles. The van der Waals surface area contributed by atoms with Gasteiger partial charge in [0, 0.05) is 21.8 Å². The summed E-state index contributed by atoms with van der Waals surface area (Å²) in [4.78, 5) is 14.5. The van der Waals surface area contributed by atoms with E-state index < -0.39 is 11.6 Å². The summed E-state index contributed by atoms with van der Waals surface area (Å²) in [6.45, 7) is 11.4. The maximum absolute atomic E-state index is 12.5.